The Kier molecular flexibility index (Phi) is 4.81. The van der Waals surface area contributed by atoms with Gasteiger partial charge in [0.05, 0.1) is 6.10 Å². The lowest BCUT2D eigenvalue weighted by Crippen LogP contribution is -2.53. The van der Waals surface area contributed by atoms with Gasteiger partial charge in [0.15, 0.2) is 5.78 Å². The second-order valence-electron chi connectivity index (χ2n) is 9.02. The van der Waals surface area contributed by atoms with Gasteiger partial charge >= 0.3 is 0 Å². The molecule has 0 radical (unpaired) electrons. The molecule has 1 saturated carbocycles. The highest BCUT2D eigenvalue weighted by Gasteiger charge is 2.54. The highest BCUT2D eigenvalue weighted by molar-refractivity contribution is 6.77. The van der Waals surface area contributed by atoms with Crippen molar-refractivity contribution in [1.82, 2.24) is 0 Å². The molecule has 0 saturated heterocycles. The first-order valence-electron chi connectivity index (χ1n) is 8.93. The second kappa shape index (κ2) is 5.90. The summed E-state index contributed by atoms with van der Waals surface area (Å²) in [6.07, 6.45) is 3.80. The van der Waals surface area contributed by atoms with Crippen molar-refractivity contribution in [2.75, 3.05) is 0 Å². The first-order valence-corrected chi connectivity index (χ1v) is 11.1. The van der Waals surface area contributed by atoms with E-state index in [0.717, 1.165) is 6.42 Å². The third-order valence-electron chi connectivity index (χ3n) is 6.08. The SMILES string of the molecule is CC(C)[Si](O[C@H]1[C@@H]2CC(=O)C=C2CC1(C)C)(C(C)C)C(C)C. The minimum absolute atomic E-state index is 0.147. The summed E-state index contributed by atoms with van der Waals surface area (Å²) in [6, 6.07) is 0. The molecule has 2 nitrogen and oxygen atoms in total. The van der Waals surface area contributed by atoms with E-state index in [0.29, 0.717) is 34.7 Å². The molecular weight excluding hydrogens is 288 g/mol. The fourth-order valence-corrected chi connectivity index (χ4v) is 11.0. The normalized spacial score (nSPS) is 28.0. The maximum absolute atomic E-state index is 11.9. The van der Waals surface area contributed by atoms with Crippen LogP contribution in [0.15, 0.2) is 11.6 Å². The summed E-state index contributed by atoms with van der Waals surface area (Å²) in [7, 11) is -1.90. The fourth-order valence-electron chi connectivity index (χ4n) is 5.25. The van der Waals surface area contributed by atoms with Crippen LogP contribution in [0.3, 0.4) is 0 Å². The number of fused-ring (bicyclic) bond motifs is 1. The van der Waals surface area contributed by atoms with E-state index >= 15 is 0 Å². The molecular formula is C19H34O2Si. The highest BCUT2D eigenvalue weighted by atomic mass is 28.4. The Morgan fingerprint density at radius 2 is 1.59 bits per heavy atom. The van der Waals surface area contributed by atoms with Gasteiger partial charge in [-0.1, -0.05) is 61.0 Å². The highest BCUT2D eigenvalue weighted by Crippen LogP contribution is 2.54. The van der Waals surface area contributed by atoms with Crippen LogP contribution in [0.5, 0.6) is 0 Å². The van der Waals surface area contributed by atoms with E-state index in [1.807, 2.05) is 6.08 Å². The van der Waals surface area contributed by atoms with Crippen molar-refractivity contribution in [2.45, 2.75) is 91.0 Å². The van der Waals surface area contributed by atoms with Crippen LogP contribution in [0.25, 0.3) is 0 Å². The molecule has 0 bridgehead atoms. The smallest absolute Gasteiger partial charge is 0.200 e. The van der Waals surface area contributed by atoms with Gasteiger partial charge in [0.25, 0.3) is 0 Å². The standard InChI is InChI=1S/C19H34O2Si/c1-12(2)22(13(3)4,14(5)6)21-18-17-10-16(20)9-15(17)11-19(18,7)8/h9,12-14,17-18H,10-11H2,1-8H3/t17-,18+/m1/s1. The fraction of sp³-hybridized carbons (Fsp3) is 0.842. The summed E-state index contributed by atoms with van der Waals surface area (Å²) in [5, 5.41) is 0. The summed E-state index contributed by atoms with van der Waals surface area (Å²) < 4.78 is 7.11. The quantitative estimate of drug-likeness (QED) is 0.625. The van der Waals surface area contributed by atoms with Crippen molar-refractivity contribution >= 4 is 14.1 Å². The van der Waals surface area contributed by atoms with Gasteiger partial charge in [-0.3, -0.25) is 4.79 Å². The van der Waals surface area contributed by atoms with Gasteiger partial charge in [0.1, 0.15) is 0 Å². The molecule has 0 spiro atoms. The molecule has 2 atom stereocenters. The van der Waals surface area contributed by atoms with E-state index in [4.69, 9.17) is 4.43 Å². The lowest BCUT2D eigenvalue weighted by atomic mass is 9.86. The van der Waals surface area contributed by atoms with Crippen molar-refractivity contribution in [2.24, 2.45) is 11.3 Å². The van der Waals surface area contributed by atoms with E-state index in [2.05, 4.69) is 55.4 Å². The van der Waals surface area contributed by atoms with Crippen molar-refractivity contribution in [3.05, 3.63) is 11.6 Å². The minimum Gasteiger partial charge on any atom is -0.412 e. The zero-order valence-electron chi connectivity index (χ0n) is 15.7. The predicted octanol–water partition coefficient (Wildman–Crippen LogP) is 5.49. The first-order chi connectivity index (χ1) is 10.0. The molecule has 0 N–H and O–H groups in total. The molecule has 1 fully saturated rings. The Balaban J connectivity index is 2.37. The summed E-state index contributed by atoms with van der Waals surface area (Å²) in [5.74, 6) is 0.639. The molecule has 2 aliphatic carbocycles. The number of carbonyl (C=O) groups is 1. The summed E-state index contributed by atoms with van der Waals surface area (Å²) in [5.41, 5.74) is 3.27. The second-order valence-corrected chi connectivity index (χ2v) is 14.4. The Morgan fingerprint density at radius 1 is 1.09 bits per heavy atom. The van der Waals surface area contributed by atoms with Crippen molar-refractivity contribution in [3.63, 3.8) is 0 Å². The number of hydrogen-bond donors (Lipinski definition) is 0. The third-order valence-corrected chi connectivity index (χ3v) is 12.2. The number of hydrogen-bond acceptors (Lipinski definition) is 2. The predicted molar refractivity (Wildman–Crippen MR) is 95.5 cm³/mol. The first kappa shape index (κ1) is 17.9. The molecule has 126 valence electrons. The van der Waals surface area contributed by atoms with E-state index in [-0.39, 0.29) is 11.5 Å². The molecule has 0 aromatic rings. The molecule has 2 aliphatic rings. The van der Waals surface area contributed by atoms with Gasteiger partial charge in [-0.15, -0.1) is 0 Å². The van der Waals surface area contributed by atoms with Crippen LogP contribution in [-0.2, 0) is 9.22 Å². The average molecular weight is 323 g/mol. The number of carbonyl (C=O) groups excluding carboxylic acids is 1. The number of allylic oxidation sites excluding steroid dienone is 1. The number of rotatable bonds is 5. The van der Waals surface area contributed by atoms with Gasteiger partial charge in [-0.05, 0) is 34.5 Å². The minimum atomic E-state index is -1.90. The van der Waals surface area contributed by atoms with E-state index in [1.54, 1.807) is 0 Å². The van der Waals surface area contributed by atoms with Gasteiger partial charge in [0.2, 0.25) is 8.32 Å². The van der Waals surface area contributed by atoms with E-state index in [9.17, 15) is 4.79 Å². The van der Waals surface area contributed by atoms with Crippen molar-refractivity contribution in [1.29, 1.82) is 0 Å². The van der Waals surface area contributed by atoms with Crippen LogP contribution in [0.4, 0.5) is 0 Å². The van der Waals surface area contributed by atoms with Crippen molar-refractivity contribution < 1.29 is 9.22 Å². The average Bonchev–Trinajstić information content (AvgIpc) is 2.77. The molecule has 0 unspecified atom stereocenters. The van der Waals surface area contributed by atoms with Gasteiger partial charge in [0, 0.05) is 12.3 Å². The van der Waals surface area contributed by atoms with Crippen LogP contribution >= 0.6 is 0 Å². The van der Waals surface area contributed by atoms with E-state index < -0.39 is 8.32 Å². The van der Waals surface area contributed by atoms with Gasteiger partial charge < -0.3 is 4.43 Å². The van der Waals surface area contributed by atoms with Crippen LogP contribution < -0.4 is 0 Å². The maximum atomic E-state index is 11.9. The van der Waals surface area contributed by atoms with E-state index in [1.165, 1.54) is 5.57 Å². The largest absolute Gasteiger partial charge is 0.412 e. The molecule has 0 aliphatic heterocycles. The molecule has 0 amide bonds. The van der Waals surface area contributed by atoms with Crippen LogP contribution in [0.2, 0.25) is 16.6 Å². The Hall–Kier alpha value is -0.413. The topological polar surface area (TPSA) is 26.3 Å². The molecule has 22 heavy (non-hydrogen) atoms. The number of ketones is 1. The van der Waals surface area contributed by atoms with Crippen LogP contribution in [-0.4, -0.2) is 20.2 Å². The monoisotopic (exact) mass is 322 g/mol. The van der Waals surface area contributed by atoms with Crippen molar-refractivity contribution in [3.8, 4) is 0 Å². The van der Waals surface area contributed by atoms with Crippen LogP contribution in [0.1, 0.15) is 68.2 Å². The summed E-state index contributed by atoms with van der Waals surface area (Å²) >= 11 is 0. The molecule has 0 heterocycles. The summed E-state index contributed by atoms with van der Waals surface area (Å²) in [4.78, 5) is 11.9. The molecule has 0 aromatic heterocycles. The van der Waals surface area contributed by atoms with Gasteiger partial charge in [-0.2, -0.15) is 0 Å². The molecule has 3 heteroatoms. The lowest BCUT2D eigenvalue weighted by Gasteiger charge is -2.47. The maximum Gasteiger partial charge on any atom is 0.200 e. The van der Waals surface area contributed by atoms with Gasteiger partial charge in [-0.25, -0.2) is 0 Å². The molecule has 2 rings (SSSR count). The Labute approximate surface area is 137 Å². The zero-order chi connectivity index (χ0) is 16.9. The van der Waals surface area contributed by atoms with Crippen LogP contribution in [0, 0.1) is 11.3 Å². The Morgan fingerprint density at radius 3 is 2.05 bits per heavy atom. The molecule has 0 aromatic carbocycles. The zero-order valence-corrected chi connectivity index (χ0v) is 16.7. The third kappa shape index (κ3) is 2.75. The Bertz CT molecular complexity index is 452. The summed E-state index contributed by atoms with van der Waals surface area (Å²) in [6.45, 7) is 18.7. The lowest BCUT2D eigenvalue weighted by molar-refractivity contribution is -0.115.